The van der Waals surface area contributed by atoms with Crippen molar-refractivity contribution in [3.8, 4) is 0 Å². The second-order valence-corrected chi connectivity index (χ2v) is 5.32. The molecule has 5 heteroatoms. The van der Waals surface area contributed by atoms with Crippen LogP contribution in [0.15, 0.2) is 30.5 Å². The van der Waals surface area contributed by atoms with Gasteiger partial charge in [0.1, 0.15) is 11.6 Å². The molecular formula is C16H21FN4. The van der Waals surface area contributed by atoms with Crippen LogP contribution in [0.1, 0.15) is 25.4 Å². The fourth-order valence-corrected chi connectivity index (χ4v) is 1.98. The van der Waals surface area contributed by atoms with E-state index in [0.717, 1.165) is 17.2 Å². The average molecular weight is 288 g/mol. The summed E-state index contributed by atoms with van der Waals surface area (Å²) in [6.45, 7) is 6.45. The number of nitrogens with one attached hydrogen (secondary N) is 1. The third-order valence-electron chi connectivity index (χ3n) is 3.41. The molecule has 1 aromatic carbocycles. The van der Waals surface area contributed by atoms with Crippen LogP contribution >= 0.6 is 0 Å². The first-order valence-corrected chi connectivity index (χ1v) is 7.02. The Kier molecular flexibility index (Phi) is 4.73. The summed E-state index contributed by atoms with van der Waals surface area (Å²) in [5, 5.41) is 3.18. The van der Waals surface area contributed by atoms with Crippen LogP contribution in [0.25, 0.3) is 0 Å². The van der Waals surface area contributed by atoms with Gasteiger partial charge in [-0.25, -0.2) is 14.4 Å². The summed E-state index contributed by atoms with van der Waals surface area (Å²) in [6.07, 6.45) is 1.72. The molecule has 4 nitrogen and oxygen atoms in total. The molecule has 0 aliphatic rings. The van der Waals surface area contributed by atoms with Crippen molar-refractivity contribution in [2.24, 2.45) is 0 Å². The van der Waals surface area contributed by atoms with Gasteiger partial charge in [0, 0.05) is 25.0 Å². The SMILES string of the molecule is Cc1nccc(CNc2ccc(N(C)C(C)C)c(F)c2)n1. The van der Waals surface area contributed by atoms with Crippen LogP contribution in [0.4, 0.5) is 15.8 Å². The molecule has 2 rings (SSSR count). The summed E-state index contributed by atoms with van der Waals surface area (Å²) in [7, 11) is 1.89. The number of benzene rings is 1. The minimum absolute atomic E-state index is 0.227. The predicted octanol–water partition coefficient (Wildman–Crippen LogP) is 3.38. The molecule has 0 radical (unpaired) electrons. The third-order valence-corrected chi connectivity index (χ3v) is 3.41. The lowest BCUT2D eigenvalue weighted by Crippen LogP contribution is -2.26. The Bertz CT molecular complexity index is 613. The van der Waals surface area contributed by atoms with E-state index in [0.29, 0.717) is 12.2 Å². The maximum Gasteiger partial charge on any atom is 0.148 e. The molecule has 1 N–H and O–H groups in total. The van der Waals surface area contributed by atoms with E-state index in [1.54, 1.807) is 12.3 Å². The van der Waals surface area contributed by atoms with Gasteiger partial charge in [0.05, 0.1) is 17.9 Å². The molecule has 0 atom stereocenters. The van der Waals surface area contributed by atoms with Gasteiger partial charge in [0.15, 0.2) is 0 Å². The Morgan fingerprint density at radius 1 is 1.29 bits per heavy atom. The molecule has 0 saturated carbocycles. The number of hydrogen-bond donors (Lipinski definition) is 1. The number of anilines is 2. The van der Waals surface area contributed by atoms with E-state index in [1.807, 2.05) is 44.9 Å². The molecule has 0 saturated heterocycles. The predicted molar refractivity (Wildman–Crippen MR) is 84.0 cm³/mol. The molecular weight excluding hydrogens is 267 g/mol. The summed E-state index contributed by atoms with van der Waals surface area (Å²) in [5.74, 6) is 0.504. The Hall–Kier alpha value is -2.17. The Morgan fingerprint density at radius 2 is 2.05 bits per heavy atom. The van der Waals surface area contributed by atoms with Gasteiger partial charge >= 0.3 is 0 Å². The number of hydrogen-bond acceptors (Lipinski definition) is 4. The summed E-state index contributed by atoms with van der Waals surface area (Å²) < 4.78 is 14.1. The van der Waals surface area contributed by atoms with Gasteiger partial charge in [0.25, 0.3) is 0 Å². The Balaban J connectivity index is 2.07. The topological polar surface area (TPSA) is 41.1 Å². The van der Waals surface area contributed by atoms with Crippen LogP contribution in [0.3, 0.4) is 0 Å². The molecule has 0 aliphatic carbocycles. The zero-order chi connectivity index (χ0) is 15.4. The van der Waals surface area contributed by atoms with Crippen molar-refractivity contribution in [2.45, 2.75) is 33.4 Å². The summed E-state index contributed by atoms with van der Waals surface area (Å²) in [5.41, 5.74) is 2.23. The quantitative estimate of drug-likeness (QED) is 0.915. The third kappa shape index (κ3) is 3.90. The first-order chi connectivity index (χ1) is 9.97. The second-order valence-electron chi connectivity index (χ2n) is 5.32. The normalized spacial score (nSPS) is 10.8. The first kappa shape index (κ1) is 15.2. The number of aromatic nitrogens is 2. The van der Waals surface area contributed by atoms with Crippen molar-refractivity contribution in [2.75, 3.05) is 17.3 Å². The summed E-state index contributed by atoms with van der Waals surface area (Å²) in [4.78, 5) is 10.3. The zero-order valence-electron chi connectivity index (χ0n) is 12.9. The monoisotopic (exact) mass is 288 g/mol. The van der Waals surface area contributed by atoms with Crippen molar-refractivity contribution in [3.63, 3.8) is 0 Å². The zero-order valence-corrected chi connectivity index (χ0v) is 12.9. The van der Waals surface area contributed by atoms with Crippen LogP contribution in [-0.2, 0) is 6.54 Å². The van der Waals surface area contributed by atoms with Gasteiger partial charge in [0.2, 0.25) is 0 Å². The molecule has 0 bridgehead atoms. The van der Waals surface area contributed by atoms with Crippen LogP contribution in [0, 0.1) is 12.7 Å². The van der Waals surface area contributed by atoms with E-state index in [1.165, 1.54) is 6.07 Å². The molecule has 2 aromatic rings. The van der Waals surface area contributed by atoms with E-state index < -0.39 is 0 Å². The minimum atomic E-state index is -0.227. The highest BCUT2D eigenvalue weighted by atomic mass is 19.1. The molecule has 112 valence electrons. The molecule has 0 amide bonds. The Morgan fingerprint density at radius 3 is 2.67 bits per heavy atom. The standard InChI is InChI=1S/C16H21FN4/c1-11(2)21(4)16-6-5-13(9-15(16)17)19-10-14-7-8-18-12(3)20-14/h5-9,11,19H,10H2,1-4H3. The maximum atomic E-state index is 14.1. The number of aryl methyl sites for hydroxylation is 1. The van der Waals surface area contributed by atoms with Crippen molar-refractivity contribution in [3.05, 3.63) is 47.8 Å². The highest BCUT2D eigenvalue weighted by molar-refractivity contribution is 5.56. The van der Waals surface area contributed by atoms with Gasteiger partial charge in [-0.2, -0.15) is 0 Å². The lowest BCUT2D eigenvalue weighted by atomic mass is 10.2. The summed E-state index contributed by atoms with van der Waals surface area (Å²) >= 11 is 0. The van der Waals surface area contributed by atoms with E-state index in [-0.39, 0.29) is 11.9 Å². The van der Waals surface area contributed by atoms with Gasteiger partial charge in [-0.1, -0.05) is 0 Å². The molecule has 1 aromatic heterocycles. The molecule has 0 spiro atoms. The van der Waals surface area contributed by atoms with Crippen LogP contribution < -0.4 is 10.2 Å². The van der Waals surface area contributed by atoms with E-state index >= 15 is 0 Å². The van der Waals surface area contributed by atoms with Crippen LogP contribution in [0.2, 0.25) is 0 Å². The maximum absolute atomic E-state index is 14.1. The molecule has 21 heavy (non-hydrogen) atoms. The lowest BCUT2D eigenvalue weighted by Gasteiger charge is -2.24. The lowest BCUT2D eigenvalue weighted by molar-refractivity contribution is 0.614. The fourth-order valence-electron chi connectivity index (χ4n) is 1.98. The molecule has 0 fully saturated rings. The van der Waals surface area contributed by atoms with Gasteiger partial charge < -0.3 is 10.2 Å². The second kappa shape index (κ2) is 6.52. The first-order valence-electron chi connectivity index (χ1n) is 7.02. The largest absolute Gasteiger partial charge is 0.379 e. The smallest absolute Gasteiger partial charge is 0.148 e. The number of rotatable bonds is 5. The van der Waals surface area contributed by atoms with Gasteiger partial charge in [-0.3, -0.25) is 0 Å². The molecule has 0 aliphatic heterocycles. The highest BCUT2D eigenvalue weighted by Crippen LogP contribution is 2.23. The van der Waals surface area contributed by atoms with Crippen molar-refractivity contribution in [1.82, 2.24) is 9.97 Å². The fraction of sp³-hybridized carbons (Fsp3) is 0.375. The van der Waals surface area contributed by atoms with E-state index in [4.69, 9.17) is 0 Å². The number of nitrogens with zero attached hydrogens (tertiary/aromatic N) is 3. The van der Waals surface area contributed by atoms with E-state index in [9.17, 15) is 4.39 Å². The summed E-state index contributed by atoms with van der Waals surface area (Å²) in [6, 6.07) is 7.29. The van der Waals surface area contributed by atoms with Gasteiger partial charge in [-0.15, -0.1) is 0 Å². The average Bonchev–Trinajstić information content (AvgIpc) is 2.44. The number of halogens is 1. The van der Waals surface area contributed by atoms with E-state index in [2.05, 4.69) is 15.3 Å². The highest BCUT2D eigenvalue weighted by Gasteiger charge is 2.10. The van der Waals surface area contributed by atoms with Crippen LogP contribution in [-0.4, -0.2) is 23.1 Å². The van der Waals surface area contributed by atoms with Crippen molar-refractivity contribution in [1.29, 1.82) is 0 Å². The van der Waals surface area contributed by atoms with Crippen LogP contribution in [0.5, 0.6) is 0 Å². The minimum Gasteiger partial charge on any atom is -0.379 e. The molecule has 1 heterocycles. The Labute approximate surface area is 125 Å². The van der Waals surface area contributed by atoms with Crippen molar-refractivity contribution < 1.29 is 4.39 Å². The van der Waals surface area contributed by atoms with Crippen molar-refractivity contribution >= 4 is 11.4 Å². The molecule has 0 unspecified atom stereocenters. The van der Waals surface area contributed by atoms with Gasteiger partial charge in [-0.05, 0) is 45.0 Å².